The van der Waals surface area contributed by atoms with E-state index >= 15 is 0 Å². The molecular weight excluding hydrogens is 336 g/mol. The van der Waals surface area contributed by atoms with Gasteiger partial charge < -0.3 is 5.73 Å². The van der Waals surface area contributed by atoms with Crippen LogP contribution in [0.15, 0.2) is 57.1 Å². The Morgan fingerprint density at radius 3 is 2.90 bits per heavy atom. The van der Waals surface area contributed by atoms with Gasteiger partial charge in [-0.1, -0.05) is 28.1 Å². The lowest BCUT2D eigenvalue weighted by atomic mass is 10.1. The number of benzene rings is 1. The quantitative estimate of drug-likeness (QED) is 0.786. The van der Waals surface area contributed by atoms with Gasteiger partial charge in [0.25, 0.3) is 0 Å². The molecule has 4 nitrogen and oxygen atoms in total. The molecule has 3 rings (SSSR count). The van der Waals surface area contributed by atoms with Gasteiger partial charge in [0.2, 0.25) is 0 Å². The molecule has 0 aliphatic heterocycles. The van der Waals surface area contributed by atoms with E-state index in [0.29, 0.717) is 6.54 Å². The number of halogens is 1. The first-order chi connectivity index (χ1) is 9.78. The molecule has 0 spiro atoms. The van der Waals surface area contributed by atoms with E-state index in [9.17, 15) is 0 Å². The van der Waals surface area contributed by atoms with Crippen LogP contribution in [0.4, 0.5) is 0 Å². The van der Waals surface area contributed by atoms with Crippen molar-refractivity contribution in [1.29, 1.82) is 0 Å². The summed E-state index contributed by atoms with van der Waals surface area (Å²) in [4.78, 5) is 1.12. The third kappa shape index (κ3) is 2.72. The molecule has 0 fully saturated rings. The zero-order valence-electron chi connectivity index (χ0n) is 10.7. The third-order valence-corrected chi connectivity index (χ3v) is 4.62. The summed E-state index contributed by atoms with van der Waals surface area (Å²) in [7, 11) is 0. The summed E-state index contributed by atoms with van der Waals surface area (Å²) < 4.78 is 3.06. The molecule has 3 aromatic rings. The molecule has 0 aliphatic carbocycles. The van der Waals surface area contributed by atoms with Crippen molar-refractivity contribution in [3.63, 3.8) is 0 Å². The van der Waals surface area contributed by atoms with Crippen molar-refractivity contribution in [2.75, 3.05) is 6.54 Å². The van der Waals surface area contributed by atoms with Crippen LogP contribution in [0.1, 0.15) is 5.56 Å². The van der Waals surface area contributed by atoms with E-state index in [-0.39, 0.29) is 0 Å². The number of fused-ring (bicyclic) bond motifs is 1. The fourth-order valence-corrected chi connectivity index (χ4v) is 3.53. The molecule has 0 atom stereocenters. The Bertz CT molecular complexity index is 741. The first-order valence-electron chi connectivity index (χ1n) is 6.24. The van der Waals surface area contributed by atoms with Crippen LogP contribution in [-0.2, 0) is 6.42 Å². The third-order valence-electron chi connectivity index (χ3n) is 2.93. The molecule has 20 heavy (non-hydrogen) atoms. The van der Waals surface area contributed by atoms with E-state index in [2.05, 4.69) is 44.3 Å². The first kappa shape index (κ1) is 13.6. The maximum absolute atomic E-state index is 5.59. The Hall–Kier alpha value is -1.37. The average Bonchev–Trinajstić information content (AvgIpc) is 2.86. The van der Waals surface area contributed by atoms with E-state index in [1.165, 1.54) is 5.56 Å². The Kier molecular flexibility index (Phi) is 4.05. The molecule has 2 aromatic heterocycles. The monoisotopic (exact) mass is 348 g/mol. The van der Waals surface area contributed by atoms with Crippen LogP contribution in [0.25, 0.3) is 5.65 Å². The van der Waals surface area contributed by atoms with E-state index in [0.717, 1.165) is 26.6 Å². The smallest absolute Gasteiger partial charge is 0.200 e. The molecule has 0 unspecified atom stereocenters. The summed E-state index contributed by atoms with van der Waals surface area (Å²) in [6, 6.07) is 12.2. The zero-order chi connectivity index (χ0) is 13.9. The molecule has 6 heteroatoms. The number of aromatic nitrogens is 3. The Labute approximate surface area is 129 Å². The fourth-order valence-electron chi connectivity index (χ4n) is 1.94. The van der Waals surface area contributed by atoms with Crippen molar-refractivity contribution < 1.29 is 0 Å². The molecule has 0 bridgehead atoms. The lowest BCUT2D eigenvalue weighted by Crippen LogP contribution is -2.03. The average molecular weight is 349 g/mol. The number of pyridine rings is 1. The number of rotatable bonds is 4. The summed E-state index contributed by atoms with van der Waals surface area (Å²) in [6.45, 7) is 0.653. The summed E-state index contributed by atoms with van der Waals surface area (Å²) in [5, 5.41) is 9.23. The molecule has 0 saturated carbocycles. The maximum atomic E-state index is 5.59. The summed E-state index contributed by atoms with van der Waals surface area (Å²) in [5.41, 5.74) is 7.67. The van der Waals surface area contributed by atoms with Crippen LogP contribution >= 0.6 is 27.7 Å². The van der Waals surface area contributed by atoms with Gasteiger partial charge in [0, 0.05) is 15.6 Å². The molecule has 102 valence electrons. The standard InChI is InChI=1S/C14H13BrN4S/c15-12-9-11(5-4-10(12)6-7-16)20-14-18-17-13-3-1-2-8-19(13)14/h1-5,8-9H,6-7,16H2. The van der Waals surface area contributed by atoms with Crippen molar-refractivity contribution in [3.8, 4) is 0 Å². The van der Waals surface area contributed by atoms with Crippen molar-refractivity contribution in [2.24, 2.45) is 5.73 Å². The SMILES string of the molecule is NCCc1ccc(Sc2nnc3ccccn23)cc1Br. The fraction of sp³-hybridized carbons (Fsp3) is 0.143. The predicted octanol–water partition coefficient (Wildman–Crippen LogP) is 3.14. The predicted molar refractivity (Wildman–Crippen MR) is 84.0 cm³/mol. The second-order valence-corrected chi connectivity index (χ2v) is 6.20. The van der Waals surface area contributed by atoms with Gasteiger partial charge in [-0.15, -0.1) is 10.2 Å². The minimum Gasteiger partial charge on any atom is -0.330 e. The molecule has 2 N–H and O–H groups in total. The van der Waals surface area contributed by atoms with Crippen LogP contribution in [0.5, 0.6) is 0 Å². The van der Waals surface area contributed by atoms with Gasteiger partial charge in [0.05, 0.1) is 0 Å². The van der Waals surface area contributed by atoms with Crippen LogP contribution in [0, 0.1) is 0 Å². The second-order valence-electron chi connectivity index (χ2n) is 4.31. The largest absolute Gasteiger partial charge is 0.330 e. The zero-order valence-corrected chi connectivity index (χ0v) is 13.1. The van der Waals surface area contributed by atoms with E-state index in [4.69, 9.17) is 5.73 Å². The molecule has 2 heterocycles. The summed E-state index contributed by atoms with van der Waals surface area (Å²) in [6.07, 6.45) is 2.84. The molecule has 0 aliphatic rings. The Morgan fingerprint density at radius 1 is 1.20 bits per heavy atom. The van der Waals surface area contributed by atoms with Gasteiger partial charge in [-0.25, -0.2) is 0 Å². The number of hydrogen-bond donors (Lipinski definition) is 1. The van der Waals surface area contributed by atoms with Gasteiger partial charge in [0.15, 0.2) is 10.8 Å². The molecule has 0 amide bonds. The normalized spacial score (nSPS) is 11.1. The van der Waals surface area contributed by atoms with Crippen molar-refractivity contribution in [1.82, 2.24) is 14.6 Å². The van der Waals surface area contributed by atoms with Crippen LogP contribution in [-0.4, -0.2) is 21.1 Å². The van der Waals surface area contributed by atoms with Gasteiger partial charge >= 0.3 is 0 Å². The Morgan fingerprint density at radius 2 is 2.10 bits per heavy atom. The first-order valence-corrected chi connectivity index (χ1v) is 7.85. The number of hydrogen-bond acceptors (Lipinski definition) is 4. The van der Waals surface area contributed by atoms with E-state index in [1.807, 2.05) is 28.8 Å². The summed E-state index contributed by atoms with van der Waals surface area (Å²) in [5.74, 6) is 0. The highest BCUT2D eigenvalue weighted by Gasteiger charge is 2.08. The van der Waals surface area contributed by atoms with Gasteiger partial charge in [-0.3, -0.25) is 4.40 Å². The Balaban J connectivity index is 1.89. The number of nitrogens with zero attached hydrogens (tertiary/aromatic N) is 3. The molecular formula is C14H13BrN4S. The van der Waals surface area contributed by atoms with E-state index < -0.39 is 0 Å². The number of nitrogens with two attached hydrogens (primary N) is 1. The lowest BCUT2D eigenvalue weighted by molar-refractivity contribution is 0.920. The van der Waals surface area contributed by atoms with Crippen molar-refractivity contribution in [3.05, 3.63) is 52.6 Å². The lowest BCUT2D eigenvalue weighted by Gasteiger charge is -2.05. The molecule has 0 saturated heterocycles. The van der Waals surface area contributed by atoms with Crippen LogP contribution < -0.4 is 5.73 Å². The highest BCUT2D eigenvalue weighted by molar-refractivity contribution is 9.10. The molecule has 1 aromatic carbocycles. The minimum absolute atomic E-state index is 0.653. The van der Waals surface area contributed by atoms with Gasteiger partial charge in [0.1, 0.15) is 0 Å². The highest BCUT2D eigenvalue weighted by atomic mass is 79.9. The van der Waals surface area contributed by atoms with Crippen molar-refractivity contribution >= 4 is 33.3 Å². The topological polar surface area (TPSA) is 56.2 Å². The van der Waals surface area contributed by atoms with Gasteiger partial charge in [-0.2, -0.15) is 0 Å². The molecule has 0 radical (unpaired) electrons. The highest BCUT2D eigenvalue weighted by Crippen LogP contribution is 2.30. The maximum Gasteiger partial charge on any atom is 0.200 e. The summed E-state index contributed by atoms with van der Waals surface area (Å²) >= 11 is 5.18. The van der Waals surface area contributed by atoms with Gasteiger partial charge in [-0.05, 0) is 54.6 Å². The van der Waals surface area contributed by atoms with Crippen LogP contribution in [0.3, 0.4) is 0 Å². The second kappa shape index (κ2) is 5.95. The minimum atomic E-state index is 0.653. The van der Waals surface area contributed by atoms with Crippen LogP contribution in [0.2, 0.25) is 0 Å². The van der Waals surface area contributed by atoms with E-state index in [1.54, 1.807) is 11.8 Å². The van der Waals surface area contributed by atoms with Crippen molar-refractivity contribution in [2.45, 2.75) is 16.5 Å².